The van der Waals surface area contributed by atoms with E-state index in [0.717, 1.165) is 37.0 Å². The Hall–Kier alpha value is -2.88. The molecule has 0 spiro atoms. The number of hydrogen-bond donors (Lipinski definition) is 1. The average Bonchev–Trinajstić information content (AvgIpc) is 3.47. The first-order chi connectivity index (χ1) is 16.5. The second-order valence-electron chi connectivity index (χ2n) is 8.67. The summed E-state index contributed by atoms with van der Waals surface area (Å²) in [5.74, 6) is 5.95. The van der Waals surface area contributed by atoms with Gasteiger partial charge in [-0.2, -0.15) is 0 Å². The van der Waals surface area contributed by atoms with Crippen molar-refractivity contribution in [3.63, 3.8) is 0 Å². The predicted octanol–water partition coefficient (Wildman–Crippen LogP) is 4.84. The SMILES string of the molecule is COC(=O)c1ccc(C#CCN2C(=O)CC[C@@H]2C=C[C@H](O)[C@@H](C)CCCCc2ccccc2)s1. The van der Waals surface area contributed by atoms with Gasteiger partial charge in [-0.25, -0.2) is 4.79 Å². The molecular formula is C28H33NO4S. The van der Waals surface area contributed by atoms with Gasteiger partial charge in [0, 0.05) is 6.42 Å². The summed E-state index contributed by atoms with van der Waals surface area (Å²) in [6, 6.07) is 13.9. The summed E-state index contributed by atoms with van der Waals surface area (Å²) in [4.78, 5) is 26.9. The number of aryl methyl sites for hydroxylation is 1. The maximum atomic E-state index is 12.3. The lowest BCUT2D eigenvalue weighted by molar-refractivity contribution is -0.127. The van der Waals surface area contributed by atoms with Crippen molar-refractivity contribution in [2.45, 2.75) is 57.6 Å². The molecule has 1 amide bonds. The lowest BCUT2D eigenvalue weighted by atomic mass is 9.95. The predicted molar refractivity (Wildman–Crippen MR) is 136 cm³/mol. The van der Waals surface area contributed by atoms with Gasteiger partial charge in [-0.15, -0.1) is 11.3 Å². The van der Waals surface area contributed by atoms with Crippen molar-refractivity contribution in [3.8, 4) is 11.8 Å². The summed E-state index contributed by atoms with van der Waals surface area (Å²) in [6.07, 6.45) is 8.72. The number of unbranched alkanes of at least 4 members (excludes halogenated alkanes) is 1. The van der Waals surface area contributed by atoms with Gasteiger partial charge < -0.3 is 14.7 Å². The standard InChI is InChI=1S/C28H33NO4S/c1-21(9-6-7-12-22-10-4-3-5-11-22)25(30)17-14-23-15-19-27(31)29(23)20-8-13-24-16-18-26(34-24)28(32)33-2/h3-5,10-11,14,16-18,21,23,25,30H,6-7,9,12,15,19-20H2,1-2H3/t21-,23-,25-/m0/s1. The van der Waals surface area contributed by atoms with E-state index < -0.39 is 6.10 Å². The van der Waals surface area contributed by atoms with Gasteiger partial charge in [0.05, 0.1) is 30.7 Å². The number of aliphatic hydroxyl groups is 1. The summed E-state index contributed by atoms with van der Waals surface area (Å²) in [6.45, 7) is 2.40. The molecule has 0 radical (unpaired) electrons. The Morgan fingerprint density at radius 2 is 2.06 bits per heavy atom. The molecule has 180 valence electrons. The van der Waals surface area contributed by atoms with Gasteiger partial charge in [0.15, 0.2) is 0 Å². The second kappa shape index (κ2) is 13.1. The quantitative estimate of drug-likeness (QED) is 0.229. The lowest BCUT2D eigenvalue weighted by Crippen LogP contribution is -2.32. The van der Waals surface area contributed by atoms with Crippen LogP contribution in [0.2, 0.25) is 0 Å². The number of likely N-dealkylation sites (tertiary alicyclic amines) is 1. The van der Waals surface area contributed by atoms with Gasteiger partial charge in [-0.3, -0.25) is 4.79 Å². The Bertz CT molecular complexity index is 1030. The highest BCUT2D eigenvalue weighted by molar-refractivity contribution is 7.14. The summed E-state index contributed by atoms with van der Waals surface area (Å²) < 4.78 is 4.71. The first-order valence-corrected chi connectivity index (χ1v) is 12.7. The minimum absolute atomic E-state index is 0.0457. The fraction of sp³-hybridized carbons (Fsp3) is 0.429. The first-order valence-electron chi connectivity index (χ1n) is 11.8. The van der Waals surface area contributed by atoms with E-state index in [2.05, 4.69) is 43.0 Å². The van der Waals surface area contributed by atoms with Crippen molar-refractivity contribution in [1.29, 1.82) is 0 Å². The fourth-order valence-electron chi connectivity index (χ4n) is 4.03. The minimum atomic E-state index is -0.525. The maximum Gasteiger partial charge on any atom is 0.348 e. The number of ether oxygens (including phenoxy) is 1. The molecule has 1 aliphatic rings. The number of methoxy groups -OCH3 is 1. The molecule has 0 saturated carbocycles. The smallest absolute Gasteiger partial charge is 0.348 e. The summed E-state index contributed by atoms with van der Waals surface area (Å²) in [5, 5.41) is 10.6. The van der Waals surface area contributed by atoms with Gasteiger partial charge in [0.1, 0.15) is 4.88 Å². The molecule has 6 heteroatoms. The largest absolute Gasteiger partial charge is 0.465 e. The van der Waals surface area contributed by atoms with Crippen LogP contribution < -0.4 is 0 Å². The van der Waals surface area contributed by atoms with Crippen molar-refractivity contribution in [2.24, 2.45) is 5.92 Å². The van der Waals surface area contributed by atoms with Crippen LogP contribution in [-0.2, 0) is 16.0 Å². The number of rotatable bonds is 10. The molecule has 1 aliphatic heterocycles. The molecule has 5 nitrogen and oxygen atoms in total. The average molecular weight is 480 g/mol. The maximum absolute atomic E-state index is 12.3. The van der Waals surface area contributed by atoms with Crippen molar-refractivity contribution in [2.75, 3.05) is 13.7 Å². The van der Waals surface area contributed by atoms with E-state index in [1.54, 1.807) is 17.0 Å². The number of amides is 1. The van der Waals surface area contributed by atoms with E-state index in [4.69, 9.17) is 4.74 Å². The highest BCUT2D eigenvalue weighted by Crippen LogP contribution is 2.22. The molecule has 0 bridgehead atoms. The van der Waals surface area contributed by atoms with Gasteiger partial charge >= 0.3 is 5.97 Å². The van der Waals surface area contributed by atoms with E-state index >= 15 is 0 Å². The van der Waals surface area contributed by atoms with Gasteiger partial charge in [0.2, 0.25) is 5.91 Å². The van der Waals surface area contributed by atoms with Crippen LogP contribution in [-0.4, -0.2) is 47.7 Å². The molecule has 34 heavy (non-hydrogen) atoms. The molecule has 3 rings (SSSR count). The lowest BCUT2D eigenvalue weighted by Gasteiger charge is -2.21. The number of hydrogen-bond acceptors (Lipinski definition) is 5. The molecule has 0 aliphatic carbocycles. The number of thiophene rings is 1. The number of aliphatic hydroxyl groups excluding tert-OH is 1. The Labute approximate surface area is 206 Å². The molecule has 1 aromatic carbocycles. The Kier molecular flexibility index (Phi) is 9.93. The van der Waals surface area contributed by atoms with E-state index in [-0.39, 0.29) is 23.8 Å². The van der Waals surface area contributed by atoms with Gasteiger partial charge in [-0.05, 0) is 49.3 Å². The fourth-order valence-corrected chi connectivity index (χ4v) is 4.83. The third kappa shape index (κ3) is 7.58. The molecular weight excluding hydrogens is 446 g/mol. The first kappa shape index (κ1) is 25.7. The molecule has 1 N–H and O–H groups in total. The monoisotopic (exact) mass is 479 g/mol. The Balaban J connectivity index is 1.45. The number of benzene rings is 1. The molecule has 3 atom stereocenters. The highest BCUT2D eigenvalue weighted by Gasteiger charge is 2.28. The topological polar surface area (TPSA) is 66.8 Å². The zero-order chi connectivity index (χ0) is 24.3. The van der Waals surface area contributed by atoms with Crippen molar-refractivity contribution in [3.05, 3.63) is 69.9 Å². The van der Waals surface area contributed by atoms with Crippen molar-refractivity contribution >= 4 is 23.2 Å². The second-order valence-corrected chi connectivity index (χ2v) is 9.75. The molecule has 1 aromatic heterocycles. The number of carbonyl (C=O) groups is 2. The number of esters is 1. The highest BCUT2D eigenvalue weighted by atomic mass is 32.1. The molecule has 2 aromatic rings. The van der Waals surface area contributed by atoms with Crippen LogP contribution in [0.4, 0.5) is 0 Å². The molecule has 2 heterocycles. The summed E-state index contributed by atoms with van der Waals surface area (Å²) >= 11 is 1.28. The molecule has 1 fully saturated rings. The van der Waals surface area contributed by atoms with E-state index in [9.17, 15) is 14.7 Å². The van der Waals surface area contributed by atoms with Crippen molar-refractivity contribution in [1.82, 2.24) is 4.90 Å². The van der Waals surface area contributed by atoms with E-state index in [1.165, 1.54) is 24.0 Å². The van der Waals surface area contributed by atoms with Crippen LogP contribution in [0.25, 0.3) is 0 Å². The number of carbonyl (C=O) groups excluding carboxylic acids is 2. The third-order valence-corrected chi connectivity index (χ3v) is 7.14. The molecule has 0 unspecified atom stereocenters. The summed E-state index contributed by atoms with van der Waals surface area (Å²) in [7, 11) is 1.35. The van der Waals surface area contributed by atoms with Crippen LogP contribution in [0.15, 0.2) is 54.6 Å². The van der Waals surface area contributed by atoms with Crippen LogP contribution in [0.3, 0.4) is 0 Å². The Morgan fingerprint density at radius 1 is 1.26 bits per heavy atom. The van der Waals surface area contributed by atoms with E-state index in [1.807, 2.05) is 18.2 Å². The van der Waals surface area contributed by atoms with Crippen LogP contribution >= 0.6 is 11.3 Å². The van der Waals surface area contributed by atoms with Crippen LogP contribution in [0.5, 0.6) is 0 Å². The zero-order valence-electron chi connectivity index (χ0n) is 19.9. The van der Waals surface area contributed by atoms with Crippen molar-refractivity contribution < 1.29 is 19.4 Å². The van der Waals surface area contributed by atoms with Crippen LogP contribution in [0.1, 0.15) is 59.1 Å². The zero-order valence-corrected chi connectivity index (χ0v) is 20.7. The van der Waals surface area contributed by atoms with Gasteiger partial charge in [0.25, 0.3) is 0 Å². The molecule has 1 saturated heterocycles. The Morgan fingerprint density at radius 3 is 2.82 bits per heavy atom. The normalized spacial score (nSPS) is 17.4. The third-order valence-electron chi connectivity index (χ3n) is 6.16. The summed E-state index contributed by atoms with van der Waals surface area (Å²) in [5.41, 5.74) is 1.35. The van der Waals surface area contributed by atoms with Gasteiger partial charge in [-0.1, -0.05) is 67.7 Å². The van der Waals surface area contributed by atoms with Crippen LogP contribution in [0, 0.1) is 17.8 Å². The number of nitrogens with zero attached hydrogens (tertiary/aromatic N) is 1. The minimum Gasteiger partial charge on any atom is -0.465 e. The van der Waals surface area contributed by atoms with E-state index in [0.29, 0.717) is 17.8 Å².